The molecule has 138 valence electrons. The van der Waals surface area contributed by atoms with Crippen LogP contribution in [0.2, 0.25) is 5.02 Å². The molecule has 2 aliphatic rings. The number of nitrogens with zero attached hydrogens (tertiary/aromatic N) is 2. The smallest absolute Gasteiger partial charge is 0.222 e. The molecule has 2 fully saturated rings. The van der Waals surface area contributed by atoms with Crippen molar-refractivity contribution >= 4 is 17.5 Å². The van der Waals surface area contributed by atoms with E-state index in [0.29, 0.717) is 18.4 Å². The van der Waals surface area contributed by atoms with E-state index >= 15 is 0 Å². The topological polar surface area (TPSA) is 23.6 Å². The van der Waals surface area contributed by atoms with Crippen LogP contribution >= 0.6 is 11.6 Å². The van der Waals surface area contributed by atoms with Gasteiger partial charge in [-0.05, 0) is 82.2 Å². The second-order valence-electron chi connectivity index (χ2n) is 8.22. The normalized spacial score (nSPS) is 28.4. The molecular formula is C21H31ClN2O. The number of hydrogen-bond acceptors (Lipinski definition) is 2. The number of rotatable bonds is 6. The maximum atomic E-state index is 12.6. The Morgan fingerprint density at radius 3 is 2.12 bits per heavy atom. The summed E-state index contributed by atoms with van der Waals surface area (Å²) < 4.78 is 0. The number of amides is 1. The SMILES string of the molecule is CN(C)C1C[C@@H]2CC(N(C)C(=O)CCCc3ccc(Cl)cc3)C[C@@H]2C1. The van der Waals surface area contributed by atoms with Crippen molar-refractivity contribution in [3.8, 4) is 0 Å². The Labute approximate surface area is 157 Å². The maximum absolute atomic E-state index is 12.6. The standard InChI is InChI=1S/C21H31ClN2O/c1-23(2)19-11-16-13-20(14-17(16)12-19)24(3)21(25)6-4-5-15-7-9-18(22)10-8-15/h7-10,16-17,19-20H,4-6,11-14H2,1-3H3/t16-,17+,19?,20?. The van der Waals surface area contributed by atoms with Crippen LogP contribution in [0, 0.1) is 11.8 Å². The van der Waals surface area contributed by atoms with Gasteiger partial charge < -0.3 is 9.80 Å². The predicted octanol–water partition coefficient (Wildman–Crippen LogP) is 4.24. The number of carbonyl (C=O) groups excluding carboxylic acids is 1. The first kappa shape index (κ1) is 18.7. The van der Waals surface area contributed by atoms with Crippen molar-refractivity contribution < 1.29 is 4.79 Å². The second kappa shape index (κ2) is 8.09. The van der Waals surface area contributed by atoms with Crippen molar-refractivity contribution in [2.45, 2.75) is 57.0 Å². The summed E-state index contributed by atoms with van der Waals surface area (Å²) in [7, 11) is 6.40. The fourth-order valence-corrected chi connectivity index (χ4v) is 4.89. The van der Waals surface area contributed by atoms with Crippen LogP contribution in [0.15, 0.2) is 24.3 Å². The molecule has 2 aliphatic carbocycles. The van der Waals surface area contributed by atoms with Gasteiger partial charge in [-0.2, -0.15) is 0 Å². The molecule has 4 heteroatoms. The van der Waals surface area contributed by atoms with E-state index in [1.54, 1.807) is 0 Å². The van der Waals surface area contributed by atoms with Crippen molar-refractivity contribution in [1.29, 1.82) is 0 Å². The Morgan fingerprint density at radius 1 is 1.00 bits per heavy atom. The number of hydrogen-bond donors (Lipinski definition) is 0. The quantitative estimate of drug-likeness (QED) is 0.755. The van der Waals surface area contributed by atoms with Crippen molar-refractivity contribution in [3.05, 3.63) is 34.9 Å². The molecule has 3 nitrogen and oxygen atoms in total. The van der Waals surface area contributed by atoms with Crippen molar-refractivity contribution in [1.82, 2.24) is 9.80 Å². The van der Waals surface area contributed by atoms with Gasteiger partial charge in [0.15, 0.2) is 0 Å². The molecule has 0 saturated heterocycles. The third kappa shape index (κ3) is 4.57. The van der Waals surface area contributed by atoms with Crippen LogP contribution in [-0.4, -0.2) is 48.9 Å². The van der Waals surface area contributed by atoms with Gasteiger partial charge in [-0.1, -0.05) is 23.7 Å². The molecule has 2 unspecified atom stereocenters. The summed E-state index contributed by atoms with van der Waals surface area (Å²) in [5, 5.41) is 0.767. The number of benzene rings is 1. The van der Waals surface area contributed by atoms with Crippen molar-refractivity contribution in [2.75, 3.05) is 21.1 Å². The van der Waals surface area contributed by atoms with Crippen LogP contribution in [0.5, 0.6) is 0 Å². The number of halogens is 1. The average molecular weight is 363 g/mol. The van der Waals surface area contributed by atoms with Gasteiger partial charge in [-0.25, -0.2) is 0 Å². The highest BCUT2D eigenvalue weighted by atomic mass is 35.5. The first-order chi connectivity index (χ1) is 11.9. The van der Waals surface area contributed by atoms with E-state index in [1.807, 2.05) is 24.1 Å². The van der Waals surface area contributed by atoms with Crippen LogP contribution in [0.3, 0.4) is 0 Å². The van der Waals surface area contributed by atoms with Gasteiger partial charge >= 0.3 is 0 Å². The zero-order valence-corrected chi connectivity index (χ0v) is 16.5. The molecule has 1 aromatic carbocycles. The molecule has 0 aliphatic heterocycles. The Kier molecular flexibility index (Phi) is 6.06. The van der Waals surface area contributed by atoms with E-state index in [4.69, 9.17) is 11.6 Å². The molecule has 1 aromatic rings. The number of fused-ring (bicyclic) bond motifs is 1. The Bertz CT molecular complexity index is 572. The van der Waals surface area contributed by atoms with Crippen molar-refractivity contribution in [2.24, 2.45) is 11.8 Å². The van der Waals surface area contributed by atoms with E-state index in [1.165, 1.54) is 31.2 Å². The summed E-state index contributed by atoms with van der Waals surface area (Å²) in [5.41, 5.74) is 1.25. The number of carbonyl (C=O) groups is 1. The van der Waals surface area contributed by atoms with E-state index < -0.39 is 0 Å². The third-order valence-corrected chi connectivity index (χ3v) is 6.66. The van der Waals surface area contributed by atoms with Crippen LogP contribution in [0.1, 0.15) is 44.1 Å². The molecule has 0 radical (unpaired) electrons. The summed E-state index contributed by atoms with van der Waals surface area (Å²) in [6, 6.07) is 9.15. The summed E-state index contributed by atoms with van der Waals surface area (Å²) >= 11 is 5.91. The maximum Gasteiger partial charge on any atom is 0.222 e. The van der Waals surface area contributed by atoms with Crippen LogP contribution in [-0.2, 0) is 11.2 Å². The molecule has 4 atom stereocenters. The van der Waals surface area contributed by atoms with Gasteiger partial charge in [-0.3, -0.25) is 4.79 Å². The molecule has 0 bridgehead atoms. The highest BCUT2D eigenvalue weighted by molar-refractivity contribution is 6.30. The lowest BCUT2D eigenvalue weighted by Crippen LogP contribution is -2.36. The second-order valence-corrected chi connectivity index (χ2v) is 8.66. The van der Waals surface area contributed by atoms with Gasteiger partial charge in [0.2, 0.25) is 5.91 Å². The Morgan fingerprint density at radius 2 is 1.56 bits per heavy atom. The molecule has 2 saturated carbocycles. The molecule has 0 aromatic heterocycles. The van der Waals surface area contributed by atoms with Gasteiger partial charge in [-0.15, -0.1) is 0 Å². The summed E-state index contributed by atoms with van der Waals surface area (Å²) in [6.45, 7) is 0. The van der Waals surface area contributed by atoms with E-state index in [-0.39, 0.29) is 0 Å². The van der Waals surface area contributed by atoms with E-state index in [2.05, 4.69) is 31.1 Å². The molecule has 0 heterocycles. The molecule has 25 heavy (non-hydrogen) atoms. The first-order valence-corrected chi connectivity index (χ1v) is 9.98. The van der Waals surface area contributed by atoms with Crippen LogP contribution in [0.4, 0.5) is 0 Å². The third-order valence-electron chi connectivity index (χ3n) is 6.41. The average Bonchev–Trinajstić information content (AvgIpc) is 3.14. The van der Waals surface area contributed by atoms with E-state index in [0.717, 1.165) is 35.7 Å². The van der Waals surface area contributed by atoms with Crippen molar-refractivity contribution in [3.63, 3.8) is 0 Å². The minimum atomic E-state index is 0.308. The summed E-state index contributed by atoms with van der Waals surface area (Å²) in [4.78, 5) is 17.0. The first-order valence-electron chi connectivity index (χ1n) is 9.60. The molecule has 3 rings (SSSR count). The molecule has 0 spiro atoms. The van der Waals surface area contributed by atoms with Gasteiger partial charge in [0.05, 0.1) is 0 Å². The minimum Gasteiger partial charge on any atom is -0.343 e. The fraction of sp³-hybridized carbons (Fsp3) is 0.667. The minimum absolute atomic E-state index is 0.308. The zero-order valence-electron chi connectivity index (χ0n) is 15.7. The fourth-order valence-electron chi connectivity index (χ4n) is 4.77. The largest absolute Gasteiger partial charge is 0.343 e. The predicted molar refractivity (Wildman–Crippen MR) is 104 cm³/mol. The lowest BCUT2D eigenvalue weighted by atomic mass is 10.0. The van der Waals surface area contributed by atoms with Gasteiger partial charge in [0.1, 0.15) is 0 Å². The van der Waals surface area contributed by atoms with E-state index in [9.17, 15) is 4.79 Å². The summed E-state index contributed by atoms with van der Waals surface area (Å²) in [5.74, 6) is 1.95. The molecular weight excluding hydrogens is 332 g/mol. The Hall–Kier alpha value is -1.06. The highest BCUT2D eigenvalue weighted by Gasteiger charge is 2.43. The molecule has 1 amide bonds. The van der Waals surface area contributed by atoms with Crippen LogP contribution < -0.4 is 0 Å². The highest BCUT2D eigenvalue weighted by Crippen LogP contribution is 2.46. The molecule has 0 N–H and O–H groups in total. The Balaban J connectivity index is 1.42. The van der Waals surface area contributed by atoms with Crippen LogP contribution in [0.25, 0.3) is 0 Å². The lowest BCUT2D eigenvalue weighted by Gasteiger charge is -2.27. The number of aryl methyl sites for hydroxylation is 1. The summed E-state index contributed by atoms with van der Waals surface area (Å²) in [6.07, 6.45) is 7.53. The van der Waals surface area contributed by atoms with Gasteiger partial charge in [0.25, 0.3) is 0 Å². The zero-order chi connectivity index (χ0) is 18.0. The monoisotopic (exact) mass is 362 g/mol. The lowest BCUT2D eigenvalue weighted by molar-refractivity contribution is -0.132. The van der Waals surface area contributed by atoms with Gasteiger partial charge in [0, 0.05) is 30.6 Å².